The van der Waals surface area contributed by atoms with Gasteiger partial charge < -0.3 is 5.73 Å². The lowest BCUT2D eigenvalue weighted by atomic mass is 10.1. The van der Waals surface area contributed by atoms with Gasteiger partial charge in [-0.3, -0.25) is 10.1 Å². The Labute approximate surface area is 127 Å². The smallest absolute Gasteiger partial charge is 0.276 e. The Morgan fingerprint density at radius 3 is 2.75 bits per heavy atom. The standard InChI is InChI=1S/C12H15N5OS.ClH/c1-7(2)5-10-16-17-12(19-10)15-11(18)9-4-3-8(13)6-14-9;/h3-4,6-7H,5,13H2,1-2H3,(H,15,17,18);1H. The van der Waals surface area contributed by atoms with Crippen LogP contribution >= 0.6 is 23.7 Å². The zero-order valence-electron chi connectivity index (χ0n) is 11.2. The van der Waals surface area contributed by atoms with Crippen LogP contribution in [0.15, 0.2) is 18.3 Å². The van der Waals surface area contributed by atoms with Gasteiger partial charge in [0, 0.05) is 6.42 Å². The molecule has 0 unspecified atom stereocenters. The van der Waals surface area contributed by atoms with Crippen molar-refractivity contribution in [1.29, 1.82) is 0 Å². The van der Waals surface area contributed by atoms with Crippen molar-refractivity contribution >= 4 is 40.5 Å². The number of halogens is 1. The maximum atomic E-state index is 11.9. The minimum atomic E-state index is -0.313. The van der Waals surface area contributed by atoms with Crippen molar-refractivity contribution in [2.75, 3.05) is 11.1 Å². The molecule has 0 aliphatic rings. The summed E-state index contributed by atoms with van der Waals surface area (Å²) in [4.78, 5) is 15.8. The highest BCUT2D eigenvalue weighted by molar-refractivity contribution is 7.15. The quantitative estimate of drug-likeness (QED) is 0.904. The van der Waals surface area contributed by atoms with Gasteiger partial charge in [0.1, 0.15) is 10.7 Å². The second-order valence-corrected chi connectivity index (χ2v) is 5.59. The van der Waals surface area contributed by atoms with E-state index in [0.29, 0.717) is 22.4 Å². The lowest BCUT2D eigenvalue weighted by Gasteiger charge is -2.00. The Hall–Kier alpha value is -1.73. The molecular formula is C12H16ClN5OS. The second kappa shape index (κ2) is 7.16. The summed E-state index contributed by atoms with van der Waals surface area (Å²) >= 11 is 1.38. The van der Waals surface area contributed by atoms with Gasteiger partial charge in [0.2, 0.25) is 5.13 Å². The number of carbonyl (C=O) groups is 1. The van der Waals surface area contributed by atoms with Crippen molar-refractivity contribution in [3.05, 3.63) is 29.0 Å². The Morgan fingerprint density at radius 1 is 1.40 bits per heavy atom. The molecule has 3 N–H and O–H groups in total. The molecule has 2 heterocycles. The molecule has 2 aromatic rings. The Bertz CT molecular complexity index is 569. The van der Waals surface area contributed by atoms with Gasteiger partial charge in [-0.1, -0.05) is 25.2 Å². The van der Waals surface area contributed by atoms with Gasteiger partial charge in [0.25, 0.3) is 5.91 Å². The molecule has 0 radical (unpaired) electrons. The Kier molecular flexibility index (Phi) is 5.84. The fraction of sp³-hybridized carbons (Fsp3) is 0.333. The average molecular weight is 314 g/mol. The highest BCUT2D eigenvalue weighted by Crippen LogP contribution is 2.18. The number of carbonyl (C=O) groups excluding carboxylic acids is 1. The summed E-state index contributed by atoms with van der Waals surface area (Å²) in [5, 5.41) is 12.0. The van der Waals surface area contributed by atoms with Crippen LogP contribution in [-0.2, 0) is 6.42 Å². The molecule has 8 heteroatoms. The number of nitrogens with one attached hydrogen (secondary N) is 1. The van der Waals surface area contributed by atoms with E-state index in [4.69, 9.17) is 5.73 Å². The Balaban J connectivity index is 0.00000200. The first-order valence-corrected chi connectivity index (χ1v) is 6.71. The molecule has 0 saturated carbocycles. The van der Waals surface area contributed by atoms with Crippen LogP contribution in [-0.4, -0.2) is 21.1 Å². The summed E-state index contributed by atoms with van der Waals surface area (Å²) in [6.07, 6.45) is 2.30. The first-order valence-electron chi connectivity index (χ1n) is 5.90. The Morgan fingerprint density at radius 2 is 2.15 bits per heavy atom. The van der Waals surface area contributed by atoms with Gasteiger partial charge >= 0.3 is 0 Å². The number of hydrogen-bond donors (Lipinski definition) is 2. The number of amides is 1. The lowest BCUT2D eigenvalue weighted by molar-refractivity contribution is 0.102. The summed E-state index contributed by atoms with van der Waals surface area (Å²) < 4.78 is 0. The van der Waals surface area contributed by atoms with Crippen molar-refractivity contribution < 1.29 is 4.79 Å². The monoisotopic (exact) mass is 313 g/mol. The molecule has 0 saturated heterocycles. The van der Waals surface area contributed by atoms with E-state index < -0.39 is 0 Å². The van der Waals surface area contributed by atoms with Crippen LogP contribution in [0, 0.1) is 5.92 Å². The fourth-order valence-corrected chi connectivity index (χ4v) is 2.38. The third kappa shape index (κ3) is 4.43. The van der Waals surface area contributed by atoms with Crippen molar-refractivity contribution in [2.24, 2.45) is 5.92 Å². The van der Waals surface area contributed by atoms with Crippen LogP contribution in [0.2, 0.25) is 0 Å². The zero-order valence-corrected chi connectivity index (χ0v) is 12.8. The maximum absolute atomic E-state index is 11.9. The van der Waals surface area contributed by atoms with E-state index in [1.165, 1.54) is 17.5 Å². The van der Waals surface area contributed by atoms with Crippen LogP contribution in [0.1, 0.15) is 29.3 Å². The van der Waals surface area contributed by atoms with Gasteiger partial charge in [0.15, 0.2) is 0 Å². The summed E-state index contributed by atoms with van der Waals surface area (Å²) in [6.45, 7) is 4.22. The van der Waals surface area contributed by atoms with Gasteiger partial charge in [-0.15, -0.1) is 22.6 Å². The normalized spacial score (nSPS) is 10.2. The molecule has 0 fully saturated rings. The van der Waals surface area contributed by atoms with E-state index in [2.05, 4.69) is 34.3 Å². The van der Waals surface area contributed by atoms with Crippen LogP contribution in [0.5, 0.6) is 0 Å². The van der Waals surface area contributed by atoms with Crippen molar-refractivity contribution in [2.45, 2.75) is 20.3 Å². The number of nitrogens with two attached hydrogens (primary N) is 1. The zero-order chi connectivity index (χ0) is 13.8. The second-order valence-electron chi connectivity index (χ2n) is 4.53. The van der Waals surface area contributed by atoms with Gasteiger partial charge in [-0.2, -0.15) is 0 Å². The summed E-state index contributed by atoms with van der Waals surface area (Å²) in [5.74, 6) is 0.197. The third-order valence-electron chi connectivity index (χ3n) is 2.29. The lowest BCUT2D eigenvalue weighted by Crippen LogP contribution is -2.13. The third-order valence-corrected chi connectivity index (χ3v) is 3.15. The summed E-state index contributed by atoms with van der Waals surface area (Å²) in [5.41, 5.74) is 6.34. The van der Waals surface area contributed by atoms with Crippen molar-refractivity contribution in [3.8, 4) is 0 Å². The van der Waals surface area contributed by atoms with Crippen molar-refractivity contribution in [1.82, 2.24) is 15.2 Å². The number of pyridine rings is 1. The predicted octanol–water partition coefficient (Wildman–Crippen LogP) is 2.39. The van der Waals surface area contributed by atoms with E-state index in [-0.39, 0.29) is 18.3 Å². The molecule has 0 atom stereocenters. The molecule has 0 aliphatic heterocycles. The molecule has 108 valence electrons. The van der Waals surface area contributed by atoms with E-state index in [9.17, 15) is 4.79 Å². The molecule has 2 rings (SSSR count). The molecule has 0 aliphatic carbocycles. The molecule has 0 bridgehead atoms. The highest BCUT2D eigenvalue weighted by atomic mass is 35.5. The SMILES string of the molecule is CC(C)Cc1nnc(NC(=O)c2ccc(N)cn2)s1.Cl. The largest absolute Gasteiger partial charge is 0.397 e. The van der Waals surface area contributed by atoms with Gasteiger partial charge in [-0.05, 0) is 18.1 Å². The number of rotatable bonds is 4. The number of hydrogen-bond acceptors (Lipinski definition) is 6. The first-order chi connectivity index (χ1) is 9.04. The summed E-state index contributed by atoms with van der Waals surface area (Å²) in [7, 11) is 0. The number of aromatic nitrogens is 3. The molecule has 0 spiro atoms. The molecule has 2 aromatic heterocycles. The molecule has 0 aromatic carbocycles. The molecule has 20 heavy (non-hydrogen) atoms. The molecule has 6 nitrogen and oxygen atoms in total. The van der Waals surface area contributed by atoms with Crippen LogP contribution in [0.3, 0.4) is 0 Å². The number of nitrogen functional groups attached to an aromatic ring is 1. The minimum Gasteiger partial charge on any atom is -0.397 e. The van der Waals surface area contributed by atoms with E-state index in [1.807, 2.05) is 0 Å². The van der Waals surface area contributed by atoms with E-state index in [1.54, 1.807) is 12.1 Å². The number of nitrogens with zero attached hydrogens (tertiary/aromatic N) is 3. The van der Waals surface area contributed by atoms with Crippen LogP contribution in [0.4, 0.5) is 10.8 Å². The highest BCUT2D eigenvalue weighted by Gasteiger charge is 2.11. The van der Waals surface area contributed by atoms with E-state index >= 15 is 0 Å². The topological polar surface area (TPSA) is 93.8 Å². The maximum Gasteiger partial charge on any atom is 0.276 e. The first kappa shape index (κ1) is 16.3. The fourth-order valence-electron chi connectivity index (χ4n) is 1.44. The van der Waals surface area contributed by atoms with Gasteiger partial charge in [-0.25, -0.2) is 4.98 Å². The van der Waals surface area contributed by atoms with E-state index in [0.717, 1.165) is 11.4 Å². The minimum absolute atomic E-state index is 0. The molecular weight excluding hydrogens is 298 g/mol. The van der Waals surface area contributed by atoms with Gasteiger partial charge in [0.05, 0.1) is 11.9 Å². The average Bonchev–Trinajstić information content (AvgIpc) is 2.76. The molecule has 1 amide bonds. The number of anilines is 2. The van der Waals surface area contributed by atoms with Crippen molar-refractivity contribution in [3.63, 3.8) is 0 Å². The van der Waals surface area contributed by atoms with Crippen LogP contribution in [0.25, 0.3) is 0 Å². The predicted molar refractivity (Wildman–Crippen MR) is 82.3 cm³/mol. The van der Waals surface area contributed by atoms with Crippen LogP contribution < -0.4 is 11.1 Å². The summed E-state index contributed by atoms with van der Waals surface area (Å²) in [6, 6.07) is 3.20.